The highest BCUT2D eigenvalue weighted by Crippen LogP contribution is 2.34. The van der Waals surface area contributed by atoms with Crippen molar-refractivity contribution in [3.8, 4) is 16.3 Å². The summed E-state index contributed by atoms with van der Waals surface area (Å²) in [7, 11) is 1.63. The molecule has 2 aromatic heterocycles. The lowest BCUT2D eigenvalue weighted by Crippen LogP contribution is -2.05. The normalized spacial score (nSPS) is 11.1. The van der Waals surface area contributed by atoms with Gasteiger partial charge in [-0.15, -0.1) is 11.3 Å². The van der Waals surface area contributed by atoms with Crippen LogP contribution in [0.2, 0.25) is 5.02 Å². The van der Waals surface area contributed by atoms with Gasteiger partial charge in [-0.1, -0.05) is 54.1 Å². The van der Waals surface area contributed by atoms with Gasteiger partial charge in [-0.3, -0.25) is 4.79 Å². The summed E-state index contributed by atoms with van der Waals surface area (Å²) in [4.78, 5) is 18.9. The number of hydrogen-bond donors (Lipinski definition) is 0. The summed E-state index contributed by atoms with van der Waals surface area (Å²) in [5, 5.41) is 2.41. The number of fused-ring (bicyclic) bond motifs is 1. The van der Waals surface area contributed by atoms with Gasteiger partial charge in [0, 0.05) is 39.9 Å². The Balaban J connectivity index is 1.61. The Morgan fingerprint density at radius 1 is 1.06 bits per heavy atom. The number of carbonyl (C=O) groups excluding carboxylic acids is 1. The van der Waals surface area contributed by atoms with Gasteiger partial charge >= 0.3 is 0 Å². The lowest BCUT2D eigenvalue weighted by Gasteiger charge is -2.09. The van der Waals surface area contributed by atoms with Crippen LogP contribution in [0.3, 0.4) is 0 Å². The van der Waals surface area contributed by atoms with E-state index in [1.807, 2.05) is 79.7 Å². The highest BCUT2D eigenvalue weighted by molar-refractivity contribution is 7.17. The van der Waals surface area contributed by atoms with E-state index in [0.29, 0.717) is 22.0 Å². The van der Waals surface area contributed by atoms with Crippen LogP contribution in [0.4, 0.5) is 0 Å². The minimum Gasteiger partial charge on any atom is -0.497 e. The number of hydrogen-bond acceptors (Lipinski definition) is 4. The zero-order chi connectivity index (χ0) is 22.9. The molecule has 0 fully saturated rings. The first kappa shape index (κ1) is 21.4. The number of ether oxygens (including phenoxy) is 1. The number of aromatic nitrogens is 2. The smallest absolute Gasteiger partial charge is 0.207 e. The molecule has 2 heterocycles. The first-order valence-electron chi connectivity index (χ1n) is 10.5. The van der Waals surface area contributed by atoms with Gasteiger partial charge in [0.2, 0.25) is 5.78 Å². The molecule has 0 amide bonds. The van der Waals surface area contributed by atoms with E-state index in [1.165, 1.54) is 11.3 Å². The van der Waals surface area contributed by atoms with Gasteiger partial charge in [-0.05, 0) is 42.8 Å². The maximum absolute atomic E-state index is 13.7. The van der Waals surface area contributed by atoms with Gasteiger partial charge in [-0.2, -0.15) is 0 Å². The Bertz CT molecular complexity index is 1450. The van der Waals surface area contributed by atoms with E-state index < -0.39 is 0 Å². The Morgan fingerprint density at radius 2 is 1.82 bits per heavy atom. The number of rotatable bonds is 6. The van der Waals surface area contributed by atoms with Gasteiger partial charge in [0.1, 0.15) is 10.8 Å². The zero-order valence-electron chi connectivity index (χ0n) is 18.2. The fourth-order valence-electron chi connectivity index (χ4n) is 4.07. The monoisotopic (exact) mass is 472 g/mol. The minimum absolute atomic E-state index is 0.0275. The zero-order valence-corrected chi connectivity index (χ0v) is 19.8. The van der Waals surface area contributed by atoms with Gasteiger partial charge in [-0.25, -0.2) is 4.98 Å². The predicted octanol–water partition coefficient (Wildman–Crippen LogP) is 7.01. The first-order chi connectivity index (χ1) is 16.0. The third-order valence-electron chi connectivity index (χ3n) is 5.76. The second-order valence-electron chi connectivity index (χ2n) is 7.78. The van der Waals surface area contributed by atoms with Crippen LogP contribution in [-0.2, 0) is 6.54 Å². The molecule has 3 aromatic carbocycles. The number of methoxy groups -OCH3 is 1. The molecule has 0 bridgehead atoms. The fraction of sp³-hybridized carbons (Fsp3) is 0.111. The Labute approximate surface area is 201 Å². The van der Waals surface area contributed by atoms with Crippen LogP contribution in [0.5, 0.6) is 5.75 Å². The van der Waals surface area contributed by atoms with E-state index in [9.17, 15) is 4.79 Å². The molecule has 0 saturated heterocycles. The van der Waals surface area contributed by atoms with Crippen molar-refractivity contribution >= 4 is 39.6 Å². The highest BCUT2D eigenvalue weighted by Gasteiger charge is 2.23. The molecular formula is C27H21ClN2O2S. The molecule has 0 atom stereocenters. The average molecular weight is 473 g/mol. The third-order valence-corrected chi connectivity index (χ3v) is 7.06. The lowest BCUT2D eigenvalue weighted by atomic mass is 10.1. The van der Waals surface area contributed by atoms with E-state index in [0.717, 1.165) is 38.5 Å². The van der Waals surface area contributed by atoms with Crippen LogP contribution in [0.1, 0.15) is 26.5 Å². The van der Waals surface area contributed by atoms with Crippen molar-refractivity contribution in [3.05, 3.63) is 106 Å². The molecule has 0 aliphatic carbocycles. The summed E-state index contributed by atoms with van der Waals surface area (Å²) in [5.41, 5.74) is 4.69. The maximum Gasteiger partial charge on any atom is 0.207 e. The van der Waals surface area contributed by atoms with E-state index in [2.05, 4.69) is 9.55 Å². The molecule has 0 aliphatic heterocycles. The van der Waals surface area contributed by atoms with E-state index >= 15 is 0 Å². The summed E-state index contributed by atoms with van der Waals surface area (Å²) in [6.07, 6.45) is 1.68. The largest absolute Gasteiger partial charge is 0.497 e. The van der Waals surface area contributed by atoms with Crippen molar-refractivity contribution < 1.29 is 9.53 Å². The molecule has 0 unspecified atom stereocenters. The van der Waals surface area contributed by atoms with Crippen LogP contribution < -0.4 is 4.74 Å². The molecule has 0 saturated carbocycles. The fourth-order valence-corrected chi connectivity index (χ4v) is 5.06. The Hall–Kier alpha value is -3.41. The van der Waals surface area contributed by atoms with Crippen molar-refractivity contribution in [1.29, 1.82) is 0 Å². The van der Waals surface area contributed by atoms with Crippen molar-refractivity contribution in [1.82, 2.24) is 9.55 Å². The topological polar surface area (TPSA) is 44.1 Å². The first-order valence-corrected chi connectivity index (χ1v) is 11.7. The molecule has 164 valence electrons. The number of ketones is 1. The molecular weight excluding hydrogens is 452 g/mol. The van der Waals surface area contributed by atoms with Gasteiger partial charge in [0.05, 0.1) is 17.6 Å². The Morgan fingerprint density at radius 3 is 2.55 bits per heavy atom. The van der Waals surface area contributed by atoms with E-state index in [-0.39, 0.29) is 5.78 Å². The molecule has 6 heteroatoms. The van der Waals surface area contributed by atoms with Crippen LogP contribution in [0.15, 0.2) is 79.0 Å². The van der Waals surface area contributed by atoms with Crippen molar-refractivity contribution in [2.75, 3.05) is 7.11 Å². The number of benzene rings is 3. The molecule has 0 radical (unpaired) electrons. The SMILES string of the molecule is COc1ccc2c(c1)c(C(=O)c1cnc(-c3ccccc3)s1)c(C)n2Cc1ccc(Cl)cc1. The summed E-state index contributed by atoms with van der Waals surface area (Å²) < 4.78 is 7.63. The van der Waals surface area contributed by atoms with E-state index in [1.54, 1.807) is 13.3 Å². The standard InChI is InChI=1S/C27H21ClN2O2S/c1-17-25(26(31)24-15-29-27(33-24)19-6-4-3-5-7-19)22-14-21(32-2)12-13-23(22)30(17)16-18-8-10-20(28)11-9-18/h3-15H,16H2,1-2H3. The summed E-state index contributed by atoms with van der Waals surface area (Å²) >= 11 is 7.48. The van der Waals surface area contributed by atoms with Crippen LogP contribution >= 0.6 is 22.9 Å². The lowest BCUT2D eigenvalue weighted by molar-refractivity contribution is 0.104. The molecule has 0 spiro atoms. The molecule has 5 aromatic rings. The van der Waals surface area contributed by atoms with Gasteiger partial charge < -0.3 is 9.30 Å². The minimum atomic E-state index is -0.0275. The van der Waals surface area contributed by atoms with Crippen LogP contribution in [0.25, 0.3) is 21.5 Å². The van der Waals surface area contributed by atoms with Crippen LogP contribution in [-0.4, -0.2) is 22.4 Å². The number of thiazole rings is 1. The number of carbonyl (C=O) groups is 1. The van der Waals surface area contributed by atoms with Crippen molar-refractivity contribution in [2.24, 2.45) is 0 Å². The van der Waals surface area contributed by atoms with Gasteiger partial charge in [0.15, 0.2) is 0 Å². The highest BCUT2D eigenvalue weighted by atomic mass is 35.5. The molecule has 0 N–H and O–H groups in total. The molecule has 5 rings (SSSR count). The van der Waals surface area contributed by atoms with Gasteiger partial charge in [0.25, 0.3) is 0 Å². The number of nitrogens with zero attached hydrogens (tertiary/aromatic N) is 2. The van der Waals surface area contributed by atoms with Crippen LogP contribution in [0, 0.1) is 6.92 Å². The second kappa shape index (κ2) is 8.85. The summed E-state index contributed by atoms with van der Waals surface area (Å²) in [5.74, 6) is 0.690. The Kier molecular flexibility index (Phi) is 5.75. The van der Waals surface area contributed by atoms with Crippen molar-refractivity contribution in [2.45, 2.75) is 13.5 Å². The second-order valence-corrected chi connectivity index (χ2v) is 9.25. The predicted molar refractivity (Wildman–Crippen MR) is 135 cm³/mol. The van der Waals surface area contributed by atoms with E-state index in [4.69, 9.17) is 16.3 Å². The van der Waals surface area contributed by atoms with Crippen molar-refractivity contribution in [3.63, 3.8) is 0 Å². The third kappa shape index (κ3) is 4.06. The number of halogens is 1. The summed E-state index contributed by atoms with van der Waals surface area (Å²) in [6, 6.07) is 23.6. The summed E-state index contributed by atoms with van der Waals surface area (Å²) in [6.45, 7) is 2.63. The average Bonchev–Trinajstić information content (AvgIpc) is 3.44. The molecule has 4 nitrogen and oxygen atoms in total. The molecule has 33 heavy (non-hydrogen) atoms. The molecule has 0 aliphatic rings. The quantitative estimate of drug-likeness (QED) is 0.249. The maximum atomic E-state index is 13.7.